The summed E-state index contributed by atoms with van der Waals surface area (Å²) in [6.07, 6.45) is 3.39. The van der Waals surface area contributed by atoms with E-state index in [4.69, 9.17) is 5.11 Å². The van der Waals surface area contributed by atoms with Gasteiger partial charge in [0.15, 0.2) is 11.0 Å². The molecule has 27 heavy (non-hydrogen) atoms. The Kier molecular flexibility index (Phi) is 5.82. The third-order valence-electron chi connectivity index (χ3n) is 3.72. The van der Waals surface area contributed by atoms with Crippen molar-refractivity contribution < 1.29 is 14.7 Å². The Morgan fingerprint density at radius 3 is 2.44 bits per heavy atom. The van der Waals surface area contributed by atoms with Gasteiger partial charge in [0.1, 0.15) is 0 Å². The summed E-state index contributed by atoms with van der Waals surface area (Å²) in [5.41, 5.74) is 1.62. The number of aromatic nitrogens is 4. The molecule has 0 aliphatic carbocycles. The molecule has 0 fully saturated rings. The quantitative estimate of drug-likeness (QED) is 0.604. The molecule has 138 valence electrons. The van der Waals surface area contributed by atoms with Crippen molar-refractivity contribution in [2.45, 2.75) is 18.6 Å². The third kappa shape index (κ3) is 4.50. The van der Waals surface area contributed by atoms with Gasteiger partial charge < -0.3 is 15.0 Å². The number of hydrogen-bond donors (Lipinski definition) is 2. The molecule has 0 saturated carbocycles. The summed E-state index contributed by atoms with van der Waals surface area (Å²) >= 11 is 1.29. The van der Waals surface area contributed by atoms with Crippen LogP contribution in [0.5, 0.6) is 0 Å². The van der Waals surface area contributed by atoms with Gasteiger partial charge in [-0.25, -0.2) is 4.79 Å². The maximum atomic E-state index is 12.2. The fraction of sp³-hybridized carbons (Fsp3) is 0.167. The van der Waals surface area contributed by atoms with Crippen LogP contribution in [-0.2, 0) is 11.3 Å². The SMILES string of the molecule is CCn1c(SCC(=O)Nc2ccc(C(=O)O)cc2)nnc1-c1ccncc1. The minimum atomic E-state index is -1.01. The molecule has 0 bridgehead atoms. The van der Waals surface area contributed by atoms with Crippen LogP contribution < -0.4 is 5.32 Å². The maximum absolute atomic E-state index is 12.2. The highest BCUT2D eigenvalue weighted by Gasteiger charge is 2.14. The maximum Gasteiger partial charge on any atom is 0.335 e. The van der Waals surface area contributed by atoms with Crippen LogP contribution in [0.25, 0.3) is 11.4 Å². The number of pyridine rings is 1. The first kappa shape index (κ1) is 18.6. The first-order chi connectivity index (χ1) is 13.1. The predicted octanol–water partition coefficient (Wildman–Crippen LogP) is 2.79. The molecule has 0 aliphatic heterocycles. The molecule has 2 heterocycles. The van der Waals surface area contributed by atoms with Gasteiger partial charge in [0.25, 0.3) is 0 Å². The number of amides is 1. The van der Waals surface area contributed by atoms with Gasteiger partial charge in [-0.3, -0.25) is 9.78 Å². The highest BCUT2D eigenvalue weighted by molar-refractivity contribution is 7.99. The van der Waals surface area contributed by atoms with E-state index in [1.54, 1.807) is 24.5 Å². The first-order valence-electron chi connectivity index (χ1n) is 8.18. The summed E-state index contributed by atoms with van der Waals surface area (Å²) in [5, 5.41) is 20.7. The summed E-state index contributed by atoms with van der Waals surface area (Å²) in [4.78, 5) is 27.0. The van der Waals surface area contributed by atoms with E-state index >= 15 is 0 Å². The standard InChI is InChI=1S/C18H17N5O3S/c1-2-23-16(12-7-9-19-10-8-12)21-22-18(23)27-11-15(24)20-14-5-3-13(4-6-14)17(25)26/h3-10H,2,11H2,1H3,(H,20,24)(H,25,26). The lowest BCUT2D eigenvalue weighted by molar-refractivity contribution is -0.113. The second-order valence-electron chi connectivity index (χ2n) is 5.51. The van der Waals surface area contributed by atoms with Crippen LogP contribution in [0.15, 0.2) is 53.9 Å². The number of thioether (sulfide) groups is 1. The molecule has 3 aromatic rings. The van der Waals surface area contributed by atoms with Crippen molar-refractivity contribution in [1.82, 2.24) is 19.7 Å². The molecule has 1 aromatic carbocycles. The Hall–Kier alpha value is -3.20. The topological polar surface area (TPSA) is 110 Å². The van der Waals surface area contributed by atoms with Crippen molar-refractivity contribution in [2.75, 3.05) is 11.1 Å². The average Bonchev–Trinajstić information content (AvgIpc) is 3.10. The number of anilines is 1. The molecule has 0 saturated heterocycles. The zero-order valence-corrected chi connectivity index (χ0v) is 15.3. The van der Waals surface area contributed by atoms with Crippen LogP contribution in [0, 0.1) is 0 Å². The molecule has 2 aromatic heterocycles. The number of hydrogen-bond acceptors (Lipinski definition) is 6. The monoisotopic (exact) mass is 383 g/mol. The minimum Gasteiger partial charge on any atom is -0.478 e. The Morgan fingerprint density at radius 1 is 1.11 bits per heavy atom. The lowest BCUT2D eigenvalue weighted by Crippen LogP contribution is -2.14. The Bertz CT molecular complexity index is 941. The predicted molar refractivity (Wildman–Crippen MR) is 102 cm³/mol. The van der Waals surface area contributed by atoms with E-state index in [9.17, 15) is 9.59 Å². The molecule has 0 spiro atoms. The smallest absolute Gasteiger partial charge is 0.335 e. The Balaban J connectivity index is 1.63. The number of carboxylic acid groups (broad SMARTS) is 1. The van der Waals surface area contributed by atoms with Gasteiger partial charge in [0.2, 0.25) is 5.91 Å². The summed E-state index contributed by atoms with van der Waals surface area (Å²) in [6, 6.07) is 9.72. The van der Waals surface area contributed by atoms with Crippen LogP contribution in [0.2, 0.25) is 0 Å². The van der Waals surface area contributed by atoms with E-state index < -0.39 is 5.97 Å². The van der Waals surface area contributed by atoms with Gasteiger partial charge in [0.05, 0.1) is 11.3 Å². The van der Waals surface area contributed by atoms with E-state index in [0.29, 0.717) is 17.4 Å². The van der Waals surface area contributed by atoms with Crippen LogP contribution in [0.1, 0.15) is 17.3 Å². The fourth-order valence-electron chi connectivity index (χ4n) is 2.42. The first-order valence-corrected chi connectivity index (χ1v) is 9.16. The van der Waals surface area contributed by atoms with Crippen molar-refractivity contribution >= 4 is 29.3 Å². The lowest BCUT2D eigenvalue weighted by atomic mass is 10.2. The van der Waals surface area contributed by atoms with Gasteiger partial charge in [-0.15, -0.1) is 10.2 Å². The summed E-state index contributed by atoms with van der Waals surface area (Å²) in [5.74, 6) is -0.326. The number of benzene rings is 1. The van der Waals surface area contributed by atoms with Gasteiger partial charge >= 0.3 is 5.97 Å². The van der Waals surface area contributed by atoms with Gasteiger partial charge in [0, 0.05) is 30.2 Å². The number of nitrogens with zero attached hydrogens (tertiary/aromatic N) is 4. The van der Waals surface area contributed by atoms with E-state index in [1.807, 2.05) is 23.6 Å². The van der Waals surface area contributed by atoms with Crippen molar-refractivity contribution in [3.63, 3.8) is 0 Å². The lowest BCUT2D eigenvalue weighted by Gasteiger charge is -2.08. The van der Waals surface area contributed by atoms with E-state index in [2.05, 4.69) is 20.5 Å². The second-order valence-corrected chi connectivity index (χ2v) is 6.45. The van der Waals surface area contributed by atoms with Gasteiger partial charge in [-0.1, -0.05) is 11.8 Å². The van der Waals surface area contributed by atoms with Gasteiger partial charge in [-0.2, -0.15) is 0 Å². The summed E-state index contributed by atoms with van der Waals surface area (Å²) in [7, 11) is 0. The molecule has 1 amide bonds. The third-order valence-corrected chi connectivity index (χ3v) is 4.69. The number of nitrogens with one attached hydrogen (secondary N) is 1. The molecule has 0 radical (unpaired) electrons. The van der Waals surface area contributed by atoms with E-state index in [-0.39, 0.29) is 17.2 Å². The molecule has 2 N–H and O–H groups in total. The van der Waals surface area contributed by atoms with Crippen molar-refractivity contribution in [2.24, 2.45) is 0 Å². The Morgan fingerprint density at radius 2 is 1.81 bits per heavy atom. The second kappa shape index (κ2) is 8.45. The average molecular weight is 383 g/mol. The van der Waals surface area contributed by atoms with Crippen LogP contribution in [0.4, 0.5) is 5.69 Å². The normalized spacial score (nSPS) is 10.6. The van der Waals surface area contributed by atoms with Crippen molar-refractivity contribution in [1.29, 1.82) is 0 Å². The molecule has 0 atom stereocenters. The minimum absolute atomic E-state index is 0.162. The van der Waals surface area contributed by atoms with Crippen LogP contribution in [0.3, 0.4) is 0 Å². The molecule has 8 nitrogen and oxygen atoms in total. The molecular weight excluding hydrogens is 366 g/mol. The highest BCUT2D eigenvalue weighted by Crippen LogP contribution is 2.23. The van der Waals surface area contributed by atoms with Crippen LogP contribution in [-0.4, -0.2) is 42.5 Å². The molecule has 9 heteroatoms. The largest absolute Gasteiger partial charge is 0.478 e. The number of rotatable bonds is 7. The van der Waals surface area contributed by atoms with E-state index in [1.165, 1.54) is 23.9 Å². The van der Waals surface area contributed by atoms with Crippen molar-refractivity contribution in [3.05, 3.63) is 54.4 Å². The molecule has 0 aliphatic rings. The molecule has 3 rings (SSSR count). The zero-order chi connectivity index (χ0) is 19.2. The van der Waals surface area contributed by atoms with Crippen LogP contribution >= 0.6 is 11.8 Å². The van der Waals surface area contributed by atoms with Gasteiger partial charge in [-0.05, 0) is 43.3 Å². The zero-order valence-electron chi connectivity index (χ0n) is 14.5. The van der Waals surface area contributed by atoms with Crippen molar-refractivity contribution in [3.8, 4) is 11.4 Å². The highest BCUT2D eigenvalue weighted by atomic mass is 32.2. The summed E-state index contributed by atoms with van der Waals surface area (Å²) in [6.45, 7) is 2.66. The summed E-state index contributed by atoms with van der Waals surface area (Å²) < 4.78 is 1.94. The Labute approximate surface area is 159 Å². The fourth-order valence-corrected chi connectivity index (χ4v) is 3.22. The molecule has 0 unspecified atom stereocenters. The molecular formula is C18H17N5O3S. The number of carbonyl (C=O) groups excluding carboxylic acids is 1. The number of carboxylic acids is 1. The number of aromatic carboxylic acids is 1. The number of carbonyl (C=O) groups is 2. The van der Waals surface area contributed by atoms with E-state index in [0.717, 1.165) is 11.4 Å².